The van der Waals surface area contributed by atoms with Crippen molar-refractivity contribution >= 4 is 23.2 Å². The molecule has 5 heteroatoms. The summed E-state index contributed by atoms with van der Waals surface area (Å²) in [5, 5.41) is 9.46. The summed E-state index contributed by atoms with van der Waals surface area (Å²) in [6, 6.07) is 1.78. The zero-order valence-electron chi connectivity index (χ0n) is 12.6. The topological polar surface area (TPSA) is 58.2 Å². The monoisotopic (exact) mass is 308 g/mol. The molecule has 0 aromatic carbocycles. The van der Waals surface area contributed by atoms with Crippen LogP contribution in [0.4, 0.5) is 0 Å². The predicted molar refractivity (Wildman–Crippen MR) is 85.5 cm³/mol. The van der Waals surface area contributed by atoms with E-state index in [1.165, 1.54) is 43.4 Å². The molecule has 1 fully saturated rings. The molecule has 1 aliphatic rings. The van der Waals surface area contributed by atoms with Crippen LogP contribution in [0.2, 0.25) is 0 Å². The summed E-state index contributed by atoms with van der Waals surface area (Å²) < 4.78 is 0. The molecule has 0 aliphatic heterocycles. The lowest BCUT2D eigenvalue weighted by molar-refractivity contribution is -0.121. The lowest BCUT2D eigenvalue weighted by Crippen LogP contribution is -2.38. The van der Waals surface area contributed by atoms with Crippen LogP contribution in [-0.4, -0.2) is 24.9 Å². The van der Waals surface area contributed by atoms with Crippen molar-refractivity contribution in [2.45, 2.75) is 45.4 Å². The highest BCUT2D eigenvalue weighted by Gasteiger charge is 2.26. The third-order valence-electron chi connectivity index (χ3n) is 4.19. The van der Waals surface area contributed by atoms with Crippen molar-refractivity contribution in [2.24, 2.45) is 5.41 Å². The Morgan fingerprint density at radius 3 is 2.67 bits per heavy atom. The highest BCUT2D eigenvalue weighted by Crippen LogP contribution is 2.34. The molecule has 2 rings (SSSR count). The van der Waals surface area contributed by atoms with E-state index in [-0.39, 0.29) is 17.2 Å². The van der Waals surface area contributed by atoms with Crippen molar-refractivity contribution in [3.63, 3.8) is 0 Å². The molecule has 0 unspecified atom stereocenters. The lowest BCUT2D eigenvalue weighted by atomic mass is 9.76. The first kappa shape index (κ1) is 16.0. The van der Waals surface area contributed by atoms with E-state index in [4.69, 9.17) is 0 Å². The van der Waals surface area contributed by atoms with Crippen LogP contribution in [0.5, 0.6) is 0 Å². The fraction of sp³-hybridized carbons (Fsp3) is 0.625. The Labute approximate surface area is 130 Å². The fourth-order valence-corrected chi connectivity index (χ4v) is 3.40. The molecular weight excluding hydrogens is 284 g/mol. The molecule has 0 atom stereocenters. The molecular formula is C16H24N2O2S. The minimum Gasteiger partial charge on any atom is -0.356 e. The molecule has 1 saturated carbocycles. The number of rotatable bonds is 6. The molecule has 4 nitrogen and oxygen atoms in total. The molecule has 21 heavy (non-hydrogen) atoms. The summed E-state index contributed by atoms with van der Waals surface area (Å²) >= 11 is 1.49. The summed E-state index contributed by atoms with van der Waals surface area (Å²) in [6.07, 6.45) is 6.58. The summed E-state index contributed by atoms with van der Waals surface area (Å²) in [5.74, 6) is -0.0873. The highest BCUT2D eigenvalue weighted by atomic mass is 32.1. The lowest BCUT2D eigenvalue weighted by Gasteiger charge is -2.33. The minimum atomic E-state index is -0.108. The third-order valence-corrected chi connectivity index (χ3v) is 4.88. The van der Waals surface area contributed by atoms with Gasteiger partial charge in [-0.15, -0.1) is 0 Å². The SMILES string of the molecule is CC1(CNC(=O)CCNC(=O)c2ccsc2)CCCCC1. The molecule has 1 aromatic heterocycles. The van der Waals surface area contributed by atoms with E-state index < -0.39 is 0 Å². The second-order valence-corrected chi connectivity index (χ2v) is 6.95. The van der Waals surface area contributed by atoms with Gasteiger partial charge in [0.2, 0.25) is 5.91 Å². The summed E-state index contributed by atoms with van der Waals surface area (Å²) in [5.41, 5.74) is 0.920. The van der Waals surface area contributed by atoms with Crippen molar-refractivity contribution in [1.82, 2.24) is 10.6 Å². The number of nitrogens with one attached hydrogen (secondary N) is 2. The molecule has 0 bridgehead atoms. The molecule has 2 N–H and O–H groups in total. The second kappa shape index (κ2) is 7.59. The van der Waals surface area contributed by atoms with Gasteiger partial charge in [-0.1, -0.05) is 26.2 Å². The average Bonchev–Trinajstić information content (AvgIpc) is 3.00. The third kappa shape index (κ3) is 5.16. The van der Waals surface area contributed by atoms with Gasteiger partial charge in [-0.25, -0.2) is 0 Å². The fourth-order valence-electron chi connectivity index (χ4n) is 2.77. The van der Waals surface area contributed by atoms with E-state index in [0.29, 0.717) is 18.5 Å². The summed E-state index contributed by atoms with van der Waals surface area (Å²) in [7, 11) is 0. The Morgan fingerprint density at radius 1 is 1.24 bits per heavy atom. The Balaban J connectivity index is 1.62. The van der Waals surface area contributed by atoms with Gasteiger partial charge in [-0.3, -0.25) is 9.59 Å². The first-order valence-corrected chi connectivity index (χ1v) is 8.60. The zero-order chi connectivity index (χ0) is 15.1. The van der Waals surface area contributed by atoms with Crippen LogP contribution in [0.3, 0.4) is 0 Å². The number of carbonyl (C=O) groups is 2. The van der Waals surface area contributed by atoms with Gasteiger partial charge >= 0.3 is 0 Å². The maximum Gasteiger partial charge on any atom is 0.252 e. The number of hydrogen-bond donors (Lipinski definition) is 2. The predicted octanol–water partition coefficient (Wildman–Crippen LogP) is 2.95. The van der Waals surface area contributed by atoms with Crippen molar-refractivity contribution < 1.29 is 9.59 Å². The van der Waals surface area contributed by atoms with Crippen molar-refractivity contribution in [3.8, 4) is 0 Å². The summed E-state index contributed by atoms with van der Waals surface area (Å²) in [6.45, 7) is 3.40. The largest absolute Gasteiger partial charge is 0.356 e. The molecule has 2 amide bonds. The maximum atomic E-state index is 11.8. The van der Waals surface area contributed by atoms with Crippen LogP contribution >= 0.6 is 11.3 Å². The van der Waals surface area contributed by atoms with E-state index >= 15 is 0 Å². The Morgan fingerprint density at radius 2 is 2.00 bits per heavy atom. The Bertz CT molecular complexity index is 465. The van der Waals surface area contributed by atoms with E-state index in [0.717, 1.165) is 6.54 Å². The smallest absolute Gasteiger partial charge is 0.252 e. The molecule has 1 aliphatic carbocycles. The number of amides is 2. The quantitative estimate of drug-likeness (QED) is 0.849. The highest BCUT2D eigenvalue weighted by molar-refractivity contribution is 7.08. The van der Waals surface area contributed by atoms with Crippen LogP contribution < -0.4 is 10.6 Å². The van der Waals surface area contributed by atoms with Gasteiger partial charge in [-0.2, -0.15) is 11.3 Å². The molecule has 0 radical (unpaired) electrons. The van der Waals surface area contributed by atoms with Crippen LogP contribution in [0.25, 0.3) is 0 Å². The van der Waals surface area contributed by atoms with Gasteiger partial charge < -0.3 is 10.6 Å². The van der Waals surface area contributed by atoms with Gasteiger partial charge in [0, 0.05) is 30.5 Å². The maximum absolute atomic E-state index is 11.8. The van der Waals surface area contributed by atoms with Crippen LogP contribution in [0.15, 0.2) is 16.8 Å². The van der Waals surface area contributed by atoms with Crippen LogP contribution in [0.1, 0.15) is 55.8 Å². The van der Waals surface area contributed by atoms with Gasteiger partial charge in [0.15, 0.2) is 0 Å². The second-order valence-electron chi connectivity index (χ2n) is 6.17. The van der Waals surface area contributed by atoms with Crippen LogP contribution in [0, 0.1) is 5.41 Å². The molecule has 0 saturated heterocycles. The van der Waals surface area contributed by atoms with Crippen molar-refractivity contribution in [2.75, 3.05) is 13.1 Å². The Hall–Kier alpha value is -1.36. The van der Waals surface area contributed by atoms with Crippen molar-refractivity contribution in [1.29, 1.82) is 0 Å². The zero-order valence-corrected chi connectivity index (χ0v) is 13.4. The van der Waals surface area contributed by atoms with Gasteiger partial charge in [-0.05, 0) is 29.7 Å². The number of thiophene rings is 1. The van der Waals surface area contributed by atoms with E-state index in [1.807, 2.05) is 5.38 Å². The first-order chi connectivity index (χ1) is 10.1. The van der Waals surface area contributed by atoms with Gasteiger partial charge in [0.05, 0.1) is 0 Å². The van der Waals surface area contributed by atoms with E-state index in [1.54, 1.807) is 11.4 Å². The standard InChI is InChI=1S/C16H24N2O2S/c1-16(7-3-2-4-8-16)12-18-14(19)5-9-17-15(20)13-6-10-21-11-13/h6,10-11H,2-5,7-9,12H2,1H3,(H,17,20)(H,18,19). The molecule has 116 valence electrons. The van der Waals surface area contributed by atoms with Crippen molar-refractivity contribution in [3.05, 3.63) is 22.4 Å². The molecule has 1 heterocycles. The van der Waals surface area contributed by atoms with E-state index in [2.05, 4.69) is 17.6 Å². The molecule has 0 spiro atoms. The minimum absolute atomic E-state index is 0.0208. The summed E-state index contributed by atoms with van der Waals surface area (Å²) in [4.78, 5) is 23.5. The Kier molecular flexibility index (Phi) is 5.79. The van der Waals surface area contributed by atoms with E-state index in [9.17, 15) is 9.59 Å². The number of carbonyl (C=O) groups excluding carboxylic acids is 2. The first-order valence-electron chi connectivity index (χ1n) is 7.66. The van der Waals surface area contributed by atoms with Gasteiger partial charge in [0.1, 0.15) is 0 Å². The van der Waals surface area contributed by atoms with Crippen LogP contribution in [-0.2, 0) is 4.79 Å². The average molecular weight is 308 g/mol. The van der Waals surface area contributed by atoms with Gasteiger partial charge in [0.25, 0.3) is 5.91 Å². The molecule has 1 aromatic rings. The number of hydrogen-bond acceptors (Lipinski definition) is 3. The normalized spacial score (nSPS) is 17.2.